The number of benzene rings is 3. The molecule has 3 aromatic carbocycles. The zero-order chi connectivity index (χ0) is 23.8. The fourth-order valence-corrected chi connectivity index (χ4v) is 4.14. The van der Waals surface area contributed by atoms with Crippen molar-refractivity contribution >= 4 is 35.0 Å². The van der Waals surface area contributed by atoms with Crippen molar-refractivity contribution in [3.05, 3.63) is 89.7 Å². The van der Waals surface area contributed by atoms with E-state index in [-0.39, 0.29) is 18.3 Å². The van der Waals surface area contributed by atoms with Crippen LogP contribution in [0.2, 0.25) is 5.02 Å². The molecule has 4 rings (SSSR count). The van der Waals surface area contributed by atoms with Gasteiger partial charge in [0.25, 0.3) is 0 Å². The first kappa shape index (κ1) is 23.7. The van der Waals surface area contributed by atoms with E-state index < -0.39 is 0 Å². The molecule has 0 aliphatic rings. The van der Waals surface area contributed by atoms with E-state index in [1.807, 2.05) is 78.2 Å². The van der Waals surface area contributed by atoms with Crippen LogP contribution in [0.25, 0.3) is 5.69 Å². The summed E-state index contributed by atoms with van der Waals surface area (Å²) in [5.41, 5.74) is 1.34. The summed E-state index contributed by atoms with van der Waals surface area (Å²) < 4.78 is 13.6. The monoisotopic (exact) mass is 494 g/mol. The summed E-state index contributed by atoms with van der Waals surface area (Å²) in [5.74, 6) is 1.93. The second-order valence-electron chi connectivity index (χ2n) is 7.05. The van der Waals surface area contributed by atoms with Gasteiger partial charge in [0.1, 0.15) is 18.1 Å². The Morgan fingerprint density at radius 2 is 1.71 bits per heavy atom. The Kier molecular flexibility index (Phi) is 8.06. The quantitative estimate of drug-likeness (QED) is 0.288. The van der Waals surface area contributed by atoms with E-state index in [9.17, 15) is 4.79 Å². The number of para-hydroxylation sites is 4. The van der Waals surface area contributed by atoms with Gasteiger partial charge in [-0.2, -0.15) is 0 Å². The largest absolute Gasteiger partial charge is 0.492 e. The third kappa shape index (κ3) is 5.89. The van der Waals surface area contributed by atoms with E-state index >= 15 is 0 Å². The van der Waals surface area contributed by atoms with Crippen LogP contribution in [0, 0.1) is 0 Å². The molecule has 4 aromatic rings. The number of carbonyl (C=O) groups is 1. The fourth-order valence-electron chi connectivity index (χ4n) is 3.19. The third-order valence-electron chi connectivity index (χ3n) is 4.70. The Balaban J connectivity index is 1.57. The van der Waals surface area contributed by atoms with Gasteiger partial charge in [-0.3, -0.25) is 9.36 Å². The average molecular weight is 495 g/mol. The first-order valence-corrected chi connectivity index (χ1v) is 12.0. The summed E-state index contributed by atoms with van der Waals surface area (Å²) in [5, 5.41) is 12.5. The van der Waals surface area contributed by atoms with Gasteiger partial charge in [-0.1, -0.05) is 65.8 Å². The number of carbonyl (C=O) groups excluding carboxylic acids is 1. The van der Waals surface area contributed by atoms with Gasteiger partial charge in [0, 0.05) is 0 Å². The first-order valence-electron chi connectivity index (χ1n) is 10.7. The molecule has 1 N–H and O–H groups in total. The highest BCUT2D eigenvalue weighted by atomic mass is 35.5. The first-order chi connectivity index (χ1) is 16.7. The van der Waals surface area contributed by atoms with Gasteiger partial charge >= 0.3 is 0 Å². The lowest BCUT2D eigenvalue weighted by atomic mass is 10.3. The van der Waals surface area contributed by atoms with Gasteiger partial charge in [-0.15, -0.1) is 10.2 Å². The number of nitrogens with zero attached hydrogens (tertiary/aromatic N) is 3. The summed E-state index contributed by atoms with van der Waals surface area (Å²) in [4.78, 5) is 12.6. The highest BCUT2D eigenvalue weighted by Gasteiger charge is 2.19. The molecular formula is C25H23ClN4O3S. The second kappa shape index (κ2) is 11.6. The summed E-state index contributed by atoms with van der Waals surface area (Å²) in [6.07, 6.45) is 0. The molecule has 0 aliphatic carbocycles. The number of amides is 1. The summed E-state index contributed by atoms with van der Waals surface area (Å²) in [6.45, 7) is 2.64. The number of nitrogens with one attached hydrogen (secondary N) is 1. The highest BCUT2D eigenvalue weighted by Crippen LogP contribution is 2.30. The van der Waals surface area contributed by atoms with Gasteiger partial charge in [0.05, 0.1) is 28.8 Å². The number of aromatic nitrogens is 3. The Morgan fingerprint density at radius 1 is 0.971 bits per heavy atom. The van der Waals surface area contributed by atoms with Crippen LogP contribution in [-0.2, 0) is 11.4 Å². The lowest BCUT2D eigenvalue weighted by Gasteiger charge is -2.15. The summed E-state index contributed by atoms with van der Waals surface area (Å²) in [7, 11) is 0. The van der Waals surface area contributed by atoms with Crippen LogP contribution in [0.5, 0.6) is 11.5 Å². The topological polar surface area (TPSA) is 78.3 Å². The maximum atomic E-state index is 12.6. The molecule has 7 nitrogen and oxygen atoms in total. The molecule has 1 heterocycles. The van der Waals surface area contributed by atoms with E-state index in [2.05, 4.69) is 15.5 Å². The maximum Gasteiger partial charge on any atom is 0.234 e. The minimum atomic E-state index is -0.201. The number of rotatable bonds is 10. The van der Waals surface area contributed by atoms with Gasteiger partial charge in [-0.05, 0) is 43.3 Å². The average Bonchev–Trinajstić information content (AvgIpc) is 3.27. The predicted molar refractivity (Wildman–Crippen MR) is 134 cm³/mol. The Labute approximate surface area is 207 Å². The number of ether oxygens (including phenoxy) is 2. The number of hydrogen-bond donors (Lipinski definition) is 1. The zero-order valence-corrected chi connectivity index (χ0v) is 20.1. The summed E-state index contributed by atoms with van der Waals surface area (Å²) >= 11 is 7.42. The molecule has 1 aromatic heterocycles. The van der Waals surface area contributed by atoms with Crippen LogP contribution in [0.4, 0.5) is 5.69 Å². The molecule has 9 heteroatoms. The van der Waals surface area contributed by atoms with Gasteiger partial charge in [0.15, 0.2) is 11.0 Å². The highest BCUT2D eigenvalue weighted by molar-refractivity contribution is 7.99. The molecule has 0 fully saturated rings. The molecule has 0 radical (unpaired) electrons. The van der Waals surface area contributed by atoms with E-state index in [1.54, 1.807) is 12.1 Å². The lowest BCUT2D eigenvalue weighted by Crippen LogP contribution is -2.15. The van der Waals surface area contributed by atoms with Crippen molar-refractivity contribution in [2.24, 2.45) is 0 Å². The van der Waals surface area contributed by atoms with Crippen LogP contribution in [-0.4, -0.2) is 33.0 Å². The number of thioether (sulfide) groups is 1. The van der Waals surface area contributed by atoms with Crippen LogP contribution >= 0.6 is 23.4 Å². The molecule has 0 atom stereocenters. The third-order valence-corrected chi connectivity index (χ3v) is 5.96. The molecule has 0 saturated heterocycles. The predicted octanol–water partition coefficient (Wildman–Crippen LogP) is 5.63. The van der Waals surface area contributed by atoms with Crippen molar-refractivity contribution in [2.75, 3.05) is 17.7 Å². The van der Waals surface area contributed by atoms with Gasteiger partial charge < -0.3 is 14.8 Å². The molecule has 0 aliphatic heterocycles. The fraction of sp³-hybridized carbons (Fsp3) is 0.160. The second-order valence-corrected chi connectivity index (χ2v) is 8.40. The number of hydrogen-bond acceptors (Lipinski definition) is 6. The van der Waals surface area contributed by atoms with Crippen molar-refractivity contribution in [3.63, 3.8) is 0 Å². The lowest BCUT2D eigenvalue weighted by molar-refractivity contribution is -0.113. The van der Waals surface area contributed by atoms with Crippen LogP contribution in [0.3, 0.4) is 0 Å². The molecule has 174 valence electrons. The van der Waals surface area contributed by atoms with Crippen LogP contribution in [0.15, 0.2) is 84.0 Å². The van der Waals surface area contributed by atoms with E-state index in [4.69, 9.17) is 21.1 Å². The van der Waals surface area contributed by atoms with E-state index in [0.29, 0.717) is 34.0 Å². The smallest absolute Gasteiger partial charge is 0.234 e. The minimum Gasteiger partial charge on any atom is -0.492 e. The molecule has 0 saturated carbocycles. The van der Waals surface area contributed by atoms with Crippen LogP contribution in [0.1, 0.15) is 12.7 Å². The maximum absolute atomic E-state index is 12.6. The zero-order valence-electron chi connectivity index (χ0n) is 18.5. The summed E-state index contributed by atoms with van der Waals surface area (Å²) in [6, 6.07) is 24.2. The van der Waals surface area contributed by atoms with Crippen molar-refractivity contribution in [1.29, 1.82) is 0 Å². The van der Waals surface area contributed by atoms with Crippen molar-refractivity contribution in [3.8, 4) is 17.2 Å². The Hall–Kier alpha value is -3.49. The van der Waals surface area contributed by atoms with E-state index in [1.165, 1.54) is 11.8 Å². The number of anilines is 1. The number of halogens is 1. The van der Waals surface area contributed by atoms with Crippen molar-refractivity contribution in [1.82, 2.24) is 14.8 Å². The Morgan fingerprint density at radius 3 is 2.50 bits per heavy atom. The SMILES string of the molecule is CCOc1ccccc1-n1c(COc2ccccc2)nnc1SCC(=O)Nc1ccccc1Cl. The van der Waals surface area contributed by atoms with Gasteiger partial charge in [-0.25, -0.2) is 0 Å². The van der Waals surface area contributed by atoms with Crippen molar-refractivity contribution < 1.29 is 14.3 Å². The van der Waals surface area contributed by atoms with Gasteiger partial charge in [0.2, 0.25) is 5.91 Å². The molecule has 0 bridgehead atoms. The molecule has 0 unspecified atom stereocenters. The molecular weight excluding hydrogens is 472 g/mol. The molecule has 1 amide bonds. The van der Waals surface area contributed by atoms with Crippen molar-refractivity contribution in [2.45, 2.75) is 18.7 Å². The molecule has 0 spiro atoms. The molecule has 34 heavy (non-hydrogen) atoms. The standard InChI is InChI=1S/C25H23ClN4O3S/c1-2-32-22-15-9-8-14-21(22)30-23(16-33-18-10-4-3-5-11-18)28-29-25(30)34-17-24(31)27-20-13-7-6-12-19(20)26/h3-15H,2,16-17H2,1H3,(H,27,31). The Bertz CT molecular complexity index is 1250. The minimum absolute atomic E-state index is 0.125. The normalized spacial score (nSPS) is 10.6. The van der Waals surface area contributed by atoms with E-state index in [0.717, 1.165) is 11.4 Å². The van der Waals surface area contributed by atoms with Crippen LogP contribution < -0.4 is 14.8 Å².